The minimum atomic E-state index is -0.220. The number of anilines is 1. The first kappa shape index (κ1) is 13.3. The molecule has 0 spiro atoms. The van der Waals surface area contributed by atoms with Crippen LogP contribution in [0.25, 0.3) is 0 Å². The minimum Gasteiger partial charge on any atom is -0.395 e. The number of carbonyl (C=O) groups excluding carboxylic acids is 1. The molecule has 2 N–H and O–H groups in total. The molecule has 0 aliphatic carbocycles. The number of nitrogens with zero attached hydrogens (tertiary/aromatic N) is 1. The molecule has 0 saturated carbocycles. The van der Waals surface area contributed by atoms with Crippen molar-refractivity contribution in [2.45, 2.75) is 6.42 Å². The van der Waals surface area contributed by atoms with Gasteiger partial charge in [0.05, 0.1) is 6.61 Å². The third-order valence-electron chi connectivity index (χ3n) is 2.24. The molecule has 2 aromatic rings. The van der Waals surface area contributed by atoms with Gasteiger partial charge in [-0.15, -0.1) is 11.3 Å². The Morgan fingerprint density at radius 3 is 3.05 bits per heavy atom. The zero-order valence-electron chi connectivity index (χ0n) is 10.1. The predicted molar refractivity (Wildman–Crippen MR) is 75.1 cm³/mol. The Balaban J connectivity index is 2.12. The number of aromatic nitrogens is 1. The van der Waals surface area contributed by atoms with Crippen LogP contribution < -0.4 is 5.32 Å². The summed E-state index contributed by atoms with van der Waals surface area (Å²) in [5.41, 5.74) is 0.673. The van der Waals surface area contributed by atoms with E-state index in [1.807, 2.05) is 5.38 Å². The lowest BCUT2D eigenvalue weighted by atomic mass is 10.2. The van der Waals surface area contributed by atoms with Gasteiger partial charge in [-0.3, -0.25) is 4.79 Å². The first-order valence-electron chi connectivity index (χ1n) is 5.71. The lowest BCUT2D eigenvalue weighted by Gasteiger charge is -2.02. The summed E-state index contributed by atoms with van der Waals surface area (Å²) < 4.78 is 0. The largest absolute Gasteiger partial charge is 0.395 e. The van der Waals surface area contributed by atoms with Crippen molar-refractivity contribution in [3.63, 3.8) is 0 Å². The molecule has 0 aliphatic rings. The van der Waals surface area contributed by atoms with Gasteiger partial charge in [-0.2, -0.15) is 0 Å². The average Bonchev–Trinajstić information content (AvgIpc) is 2.89. The minimum absolute atomic E-state index is 0.0204. The molecule has 0 aromatic carbocycles. The first-order valence-corrected chi connectivity index (χ1v) is 6.59. The van der Waals surface area contributed by atoms with Crippen molar-refractivity contribution in [3.8, 4) is 11.8 Å². The summed E-state index contributed by atoms with van der Waals surface area (Å²) in [6.07, 6.45) is 2.02. The zero-order valence-corrected chi connectivity index (χ0v) is 10.9. The molecule has 96 valence electrons. The molecule has 2 heterocycles. The molecule has 0 radical (unpaired) electrons. The lowest BCUT2D eigenvalue weighted by molar-refractivity contribution is 0.103. The summed E-state index contributed by atoms with van der Waals surface area (Å²) in [5.74, 6) is 5.98. The van der Waals surface area contributed by atoms with Crippen molar-refractivity contribution in [3.05, 3.63) is 46.3 Å². The Labute approximate surface area is 115 Å². The Morgan fingerprint density at radius 2 is 2.32 bits per heavy atom. The van der Waals surface area contributed by atoms with Crippen LogP contribution in [0.3, 0.4) is 0 Å². The monoisotopic (exact) mass is 272 g/mol. The summed E-state index contributed by atoms with van der Waals surface area (Å²) >= 11 is 1.33. The number of thiophene rings is 1. The number of hydrogen-bond acceptors (Lipinski definition) is 4. The number of aliphatic hydroxyl groups is 1. The van der Waals surface area contributed by atoms with Gasteiger partial charge in [-0.1, -0.05) is 17.9 Å². The second-order valence-electron chi connectivity index (χ2n) is 3.61. The molecule has 5 heteroatoms. The third-order valence-corrected chi connectivity index (χ3v) is 3.15. The SMILES string of the molecule is O=C(Nc1ccccn1)c1sccc1C#CCCO. The highest BCUT2D eigenvalue weighted by molar-refractivity contribution is 7.12. The van der Waals surface area contributed by atoms with Crippen molar-refractivity contribution in [1.29, 1.82) is 0 Å². The lowest BCUT2D eigenvalue weighted by Crippen LogP contribution is -2.12. The number of amides is 1. The van der Waals surface area contributed by atoms with Gasteiger partial charge in [0.2, 0.25) is 0 Å². The number of carbonyl (C=O) groups is 1. The van der Waals surface area contributed by atoms with Gasteiger partial charge >= 0.3 is 0 Å². The maximum absolute atomic E-state index is 12.1. The highest BCUT2D eigenvalue weighted by atomic mass is 32.1. The van der Waals surface area contributed by atoms with Gasteiger partial charge in [0.15, 0.2) is 0 Å². The van der Waals surface area contributed by atoms with E-state index in [-0.39, 0.29) is 12.5 Å². The molecule has 0 fully saturated rings. The van der Waals surface area contributed by atoms with Gasteiger partial charge in [0, 0.05) is 18.2 Å². The van der Waals surface area contributed by atoms with E-state index in [0.717, 1.165) is 0 Å². The maximum atomic E-state index is 12.1. The molecule has 19 heavy (non-hydrogen) atoms. The fraction of sp³-hybridized carbons (Fsp3) is 0.143. The number of aliphatic hydroxyl groups excluding tert-OH is 1. The maximum Gasteiger partial charge on any atom is 0.268 e. The Bertz CT molecular complexity index is 611. The Kier molecular flexibility index (Phi) is 4.67. The second-order valence-corrected chi connectivity index (χ2v) is 4.52. The van der Waals surface area contributed by atoms with E-state index >= 15 is 0 Å². The molecule has 2 rings (SSSR count). The Hall–Kier alpha value is -2.16. The summed E-state index contributed by atoms with van der Waals surface area (Å²) in [6.45, 7) is 0.0204. The van der Waals surface area contributed by atoms with Crippen LogP contribution in [0.4, 0.5) is 5.82 Å². The highest BCUT2D eigenvalue weighted by Crippen LogP contribution is 2.17. The van der Waals surface area contributed by atoms with Crippen LogP contribution in [0.2, 0.25) is 0 Å². The van der Waals surface area contributed by atoms with Gasteiger partial charge < -0.3 is 10.4 Å². The standard InChI is InChI=1S/C14H12N2O2S/c17-9-4-2-5-11-7-10-19-13(11)14(18)16-12-6-1-3-8-15-12/h1,3,6-8,10,17H,4,9H2,(H,15,16,18). The van der Waals surface area contributed by atoms with Crippen LogP contribution in [0.15, 0.2) is 35.8 Å². The van der Waals surface area contributed by atoms with Crippen LogP contribution in [0, 0.1) is 11.8 Å². The quantitative estimate of drug-likeness (QED) is 0.841. The average molecular weight is 272 g/mol. The number of pyridine rings is 1. The second kappa shape index (κ2) is 6.69. The molecule has 2 aromatic heterocycles. The van der Waals surface area contributed by atoms with E-state index in [2.05, 4.69) is 22.1 Å². The summed E-state index contributed by atoms with van der Waals surface area (Å²) in [6, 6.07) is 7.11. The van der Waals surface area contributed by atoms with Gasteiger partial charge in [0.25, 0.3) is 5.91 Å². The Morgan fingerprint density at radius 1 is 1.42 bits per heavy atom. The van der Waals surface area contributed by atoms with E-state index in [1.54, 1.807) is 30.5 Å². The molecule has 0 bridgehead atoms. The van der Waals surface area contributed by atoms with Crippen LogP contribution in [-0.2, 0) is 0 Å². The van der Waals surface area contributed by atoms with Crippen LogP contribution in [-0.4, -0.2) is 22.6 Å². The van der Waals surface area contributed by atoms with E-state index < -0.39 is 0 Å². The molecular weight excluding hydrogens is 260 g/mol. The molecule has 0 unspecified atom stereocenters. The van der Waals surface area contributed by atoms with Crippen LogP contribution in [0.1, 0.15) is 21.7 Å². The van der Waals surface area contributed by atoms with E-state index in [9.17, 15) is 4.79 Å². The van der Waals surface area contributed by atoms with Crippen molar-refractivity contribution < 1.29 is 9.90 Å². The predicted octanol–water partition coefficient (Wildman–Crippen LogP) is 2.13. The van der Waals surface area contributed by atoms with E-state index in [0.29, 0.717) is 22.7 Å². The molecule has 4 nitrogen and oxygen atoms in total. The topological polar surface area (TPSA) is 62.2 Å². The molecule has 0 saturated heterocycles. The molecule has 0 aliphatic heterocycles. The highest BCUT2D eigenvalue weighted by Gasteiger charge is 2.12. The van der Waals surface area contributed by atoms with Crippen molar-refractivity contribution >= 4 is 23.1 Å². The van der Waals surface area contributed by atoms with E-state index in [4.69, 9.17) is 5.11 Å². The number of rotatable bonds is 3. The van der Waals surface area contributed by atoms with Gasteiger partial charge in [-0.05, 0) is 23.6 Å². The summed E-state index contributed by atoms with van der Waals surface area (Å²) in [4.78, 5) is 16.7. The first-order chi connectivity index (χ1) is 9.31. The van der Waals surface area contributed by atoms with Crippen molar-refractivity contribution in [2.75, 3.05) is 11.9 Å². The van der Waals surface area contributed by atoms with Crippen molar-refractivity contribution in [1.82, 2.24) is 4.98 Å². The molecule has 0 atom stereocenters. The van der Waals surface area contributed by atoms with Crippen molar-refractivity contribution in [2.24, 2.45) is 0 Å². The van der Waals surface area contributed by atoms with Crippen LogP contribution in [0.5, 0.6) is 0 Å². The number of hydrogen-bond donors (Lipinski definition) is 2. The van der Waals surface area contributed by atoms with E-state index in [1.165, 1.54) is 11.3 Å². The molecule has 1 amide bonds. The zero-order chi connectivity index (χ0) is 13.5. The van der Waals surface area contributed by atoms with Gasteiger partial charge in [-0.25, -0.2) is 4.98 Å². The molecular formula is C14H12N2O2S. The fourth-order valence-corrected chi connectivity index (χ4v) is 2.15. The summed E-state index contributed by atoms with van der Waals surface area (Å²) in [7, 11) is 0. The van der Waals surface area contributed by atoms with Gasteiger partial charge in [0.1, 0.15) is 10.7 Å². The summed E-state index contributed by atoms with van der Waals surface area (Å²) in [5, 5.41) is 13.2. The smallest absolute Gasteiger partial charge is 0.268 e. The third kappa shape index (κ3) is 3.65. The number of nitrogens with one attached hydrogen (secondary N) is 1. The fourth-order valence-electron chi connectivity index (χ4n) is 1.41. The normalized spacial score (nSPS) is 9.53. The van der Waals surface area contributed by atoms with Crippen LogP contribution >= 0.6 is 11.3 Å².